The number of nitrogen functional groups attached to an aromatic ring is 1. The maximum Gasteiger partial charge on any atom is 0.244 e. The summed E-state index contributed by atoms with van der Waals surface area (Å²) in [6.45, 7) is 2.13. The van der Waals surface area contributed by atoms with Crippen molar-refractivity contribution in [3.8, 4) is 0 Å². The van der Waals surface area contributed by atoms with Crippen LogP contribution in [0.15, 0.2) is 23.2 Å². The lowest BCUT2D eigenvalue weighted by Gasteiger charge is -2.14. The van der Waals surface area contributed by atoms with Crippen LogP contribution in [0.4, 0.5) is 5.82 Å². The Morgan fingerprint density at radius 3 is 2.83 bits per heavy atom. The molecule has 7 heteroatoms. The predicted molar refractivity (Wildman–Crippen MR) is 69.2 cm³/mol. The highest BCUT2D eigenvalue weighted by molar-refractivity contribution is 7.89. The van der Waals surface area contributed by atoms with Gasteiger partial charge in [0.05, 0.1) is 0 Å². The predicted octanol–water partition coefficient (Wildman–Crippen LogP) is 0.834. The summed E-state index contributed by atoms with van der Waals surface area (Å²) < 4.78 is 27.2. The molecule has 100 valence electrons. The molecule has 1 aromatic heterocycles. The average molecular weight is 270 g/mol. The Balaban J connectivity index is 2.20. The molecule has 0 amide bonds. The van der Waals surface area contributed by atoms with E-state index in [-0.39, 0.29) is 16.8 Å². The molecule has 2 atom stereocenters. The van der Waals surface area contributed by atoms with E-state index in [9.17, 15) is 8.42 Å². The van der Waals surface area contributed by atoms with Crippen molar-refractivity contribution in [1.82, 2.24) is 9.71 Å². The SMILES string of the molecule is CC1CCC(NS(=O)(=O)c2cccnc2NN)C1. The van der Waals surface area contributed by atoms with Gasteiger partial charge in [-0.1, -0.05) is 6.92 Å². The Hall–Kier alpha value is -1.18. The fraction of sp³-hybridized carbons (Fsp3) is 0.545. The number of nitrogens with one attached hydrogen (secondary N) is 2. The lowest BCUT2D eigenvalue weighted by Crippen LogP contribution is -2.33. The molecule has 1 aliphatic rings. The third-order valence-electron chi connectivity index (χ3n) is 3.21. The molecular formula is C11H18N4O2S. The third kappa shape index (κ3) is 2.80. The molecule has 0 aromatic carbocycles. The lowest BCUT2D eigenvalue weighted by atomic mass is 10.1. The van der Waals surface area contributed by atoms with E-state index in [4.69, 9.17) is 5.84 Å². The molecule has 0 spiro atoms. The number of nitrogens with two attached hydrogens (primary N) is 1. The Morgan fingerprint density at radius 1 is 1.44 bits per heavy atom. The van der Waals surface area contributed by atoms with Gasteiger partial charge in [-0.15, -0.1) is 0 Å². The number of anilines is 1. The molecule has 1 aliphatic carbocycles. The first kappa shape index (κ1) is 13.3. The maximum absolute atomic E-state index is 12.2. The number of hydrazine groups is 1. The van der Waals surface area contributed by atoms with Gasteiger partial charge in [0.1, 0.15) is 4.90 Å². The highest BCUT2D eigenvalue weighted by Gasteiger charge is 2.27. The summed E-state index contributed by atoms with van der Waals surface area (Å²) in [5.74, 6) is 6.00. The monoisotopic (exact) mass is 270 g/mol. The molecule has 2 unspecified atom stereocenters. The van der Waals surface area contributed by atoms with E-state index in [1.807, 2.05) is 0 Å². The quantitative estimate of drug-likeness (QED) is 0.556. The van der Waals surface area contributed by atoms with E-state index in [1.165, 1.54) is 12.3 Å². The zero-order chi connectivity index (χ0) is 13.2. The van der Waals surface area contributed by atoms with Gasteiger partial charge < -0.3 is 5.43 Å². The van der Waals surface area contributed by atoms with Crippen LogP contribution in [0.3, 0.4) is 0 Å². The van der Waals surface area contributed by atoms with Crippen LogP contribution in [0.2, 0.25) is 0 Å². The van der Waals surface area contributed by atoms with Crippen LogP contribution in [0.25, 0.3) is 0 Å². The lowest BCUT2D eigenvalue weighted by molar-refractivity contribution is 0.538. The molecule has 1 saturated carbocycles. The second kappa shape index (κ2) is 5.21. The Morgan fingerprint density at radius 2 is 2.22 bits per heavy atom. The summed E-state index contributed by atoms with van der Waals surface area (Å²) in [7, 11) is -3.56. The molecule has 2 rings (SSSR count). The molecule has 1 heterocycles. The Kier molecular flexibility index (Phi) is 3.84. The summed E-state index contributed by atoms with van der Waals surface area (Å²) in [5, 5.41) is 0. The Bertz CT molecular complexity index is 518. The van der Waals surface area contributed by atoms with Crippen molar-refractivity contribution in [2.24, 2.45) is 11.8 Å². The normalized spacial score (nSPS) is 24.1. The van der Waals surface area contributed by atoms with Crippen LogP contribution in [-0.2, 0) is 10.0 Å². The molecule has 6 nitrogen and oxygen atoms in total. The first-order chi connectivity index (χ1) is 8.53. The first-order valence-corrected chi connectivity index (χ1v) is 7.45. The number of nitrogens with zero attached hydrogens (tertiary/aromatic N) is 1. The van der Waals surface area contributed by atoms with Crippen LogP contribution in [0, 0.1) is 5.92 Å². The molecule has 1 fully saturated rings. The van der Waals surface area contributed by atoms with Crippen LogP contribution in [0.5, 0.6) is 0 Å². The van der Waals surface area contributed by atoms with Gasteiger partial charge in [0.2, 0.25) is 10.0 Å². The average Bonchev–Trinajstić information content (AvgIpc) is 2.74. The highest BCUT2D eigenvalue weighted by Crippen LogP contribution is 2.26. The third-order valence-corrected chi connectivity index (χ3v) is 4.77. The summed E-state index contributed by atoms with van der Waals surface area (Å²) in [6, 6.07) is 3.08. The van der Waals surface area contributed by atoms with Crippen molar-refractivity contribution >= 4 is 15.8 Å². The number of hydrogen-bond acceptors (Lipinski definition) is 5. The van der Waals surface area contributed by atoms with Crippen molar-refractivity contribution < 1.29 is 8.42 Å². The van der Waals surface area contributed by atoms with Crippen LogP contribution >= 0.6 is 0 Å². The van der Waals surface area contributed by atoms with Crippen molar-refractivity contribution in [3.05, 3.63) is 18.3 Å². The Labute approximate surface area is 107 Å². The fourth-order valence-electron chi connectivity index (χ4n) is 2.31. The smallest absolute Gasteiger partial charge is 0.244 e. The summed E-state index contributed by atoms with van der Waals surface area (Å²) >= 11 is 0. The van der Waals surface area contributed by atoms with Crippen LogP contribution < -0.4 is 16.0 Å². The van der Waals surface area contributed by atoms with Gasteiger partial charge in [-0.2, -0.15) is 0 Å². The summed E-state index contributed by atoms with van der Waals surface area (Å²) in [6.07, 6.45) is 4.31. The van der Waals surface area contributed by atoms with Gasteiger partial charge in [-0.3, -0.25) is 0 Å². The minimum atomic E-state index is -3.56. The van der Waals surface area contributed by atoms with Crippen LogP contribution in [-0.4, -0.2) is 19.4 Å². The van der Waals surface area contributed by atoms with E-state index in [0.29, 0.717) is 5.92 Å². The van der Waals surface area contributed by atoms with Crippen LogP contribution in [0.1, 0.15) is 26.2 Å². The van der Waals surface area contributed by atoms with Gasteiger partial charge in [-0.25, -0.2) is 24.0 Å². The van der Waals surface area contributed by atoms with Gasteiger partial charge in [0, 0.05) is 12.2 Å². The topological polar surface area (TPSA) is 97.1 Å². The van der Waals surface area contributed by atoms with E-state index < -0.39 is 10.0 Å². The number of sulfonamides is 1. The van der Waals surface area contributed by atoms with Gasteiger partial charge in [-0.05, 0) is 37.3 Å². The molecule has 0 radical (unpaired) electrons. The van der Waals surface area contributed by atoms with E-state index in [0.717, 1.165) is 19.3 Å². The molecule has 0 aliphatic heterocycles. The molecule has 0 saturated heterocycles. The molecule has 4 N–H and O–H groups in total. The molecule has 0 bridgehead atoms. The van der Waals surface area contributed by atoms with Gasteiger partial charge in [0.25, 0.3) is 0 Å². The molecule has 1 aromatic rings. The van der Waals surface area contributed by atoms with Gasteiger partial charge >= 0.3 is 0 Å². The number of rotatable bonds is 4. The second-order valence-corrected chi connectivity index (χ2v) is 6.41. The fourth-order valence-corrected chi connectivity index (χ4v) is 3.72. The van der Waals surface area contributed by atoms with Gasteiger partial charge in [0.15, 0.2) is 5.82 Å². The van der Waals surface area contributed by atoms with Crippen molar-refractivity contribution in [2.45, 2.75) is 37.1 Å². The zero-order valence-electron chi connectivity index (χ0n) is 10.3. The molecular weight excluding hydrogens is 252 g/mol. The zero-order valence-corrected chi connectivity index (χ0v) is 11.1. The standard InChI is InChI=1S/C11H18N4O2S/c1-8-4-5-9(7-8)15-18(16,17)10-3-2-6-13-11(10)14-12/h2-3,6,8-9,15H,4-5,7,12H2,1H3,(H,13,14). The van der Waals surface area contributed by atoms with Crippen molar-refractivity contribution in [2.75, 3.05) is 5.43 Å². The summed E-state index contributed by atoms with van der Waals surface area (Å²) in [5.41, 5.74) is 2.31. The van der Waals surface area contributed by atoms with E-state index in [1.54, 1.807) is 6.07 Å². The number of aromatic nitrogens is 1. The minimum absolute atomic E-state index is 0.0100. The first-order valence-electron chi connectivity index (χ1n) is 5.97. The second-order valence-electron chi connectivity index (χ2n) is 4.73. The van der Waals surface area contributed by atoms with E-state index >= 15 is 0 Å². The maximum atomic E-state index is 12.2. The molecule has 18 heavy (non-hydrogen) atoms. The van der Waals surface area contributed by atoms with E-state index in [2.05, 4.69) is 22.1 Å². The minimum Gasteiger partial charge on any atom is -0.307 e. The number of pyridine rings is 1. The largest absolute Gasteiger partial charge is 0.307 e. The summed E-state index contributed by atoms with van der Waals surface area (Å²) in [4.78, 5) is 3.99. The highest BCUT2D eigenvalue weighted by atomic mass is 32.2. The van der Waals surface area contributed by atoms with Crippen molar-refractivity contribution in [1.29, 1.82) is 0 Å². The number of hydrogen-bond donors (Lipinski definition) is 3. The van der Waals surface area contributed by atoms with Crippen molar-refractivity contribution in [3.63, 3.8) is 0 Å².